The summed E-state index contributed by atoms with van der Waals surface area (Å²) in [6, 6.07) is 11.1. The van der Waals surface area contributed by atoms with Gasteiger partial charge in [0.05, 0.1) is 22.5 Å². The molecule has 2 N–H and O–H groups in total. The predicted octanol–water partition coefficient (Wildman–Crippen LogP) is 3.90. The van der Waals surface area contributed by atoms with Crippen LogP contribution in [-0.2, 0) is 9.59 Å². The van der Waals surface area contributed by atoms with E-state index in [0.29, 0.717) is 27.6 Å². The lowest BCUT2D eigenvalue weighted by Gasteiger charge is -2.13. The molecule has 0 heterocycles. The van der Waals surface area contributed by atoms with Crippen molar-refractivity contribution in [2.24, 2.45) is 10.2 Å². The summed E-state index contributed by atoms with van der Waals surface area (Å²) in [4.78, 5) is 27.7. The molecule has 2 rings (SSSR count). The highest BCUT2D eigenvalue weighted by Gasteiger charge is 2.06. The number of hydrazone groups is 2. The molecule has 2 amide bonds. The highest BCUT2D eigenvalue weighted by molar-refractivity contribution is 6.33. The van der Waals surface area contributed by atoms with Gasteiger partial charge in [0.2, 0.25) is 11.8 Å². The molecule has 0 saturated carbocycles. The van der Waals surface area contributed by atoms with E-state index < -0.39 is 0 Å². The Bertz CT molecular complexity index is 956. The number of rotatable bonds is 10. The molecule has 176 valence electrons. The zero-order chi connectivity index (χ0) is 24.4. The minimum Gasteiger partial charge on any atom is -0.378 e. The van der Waals surface area contributed by atoms with Gasteiger partial charge in [0, 0.05) is 63.5 Å². The molecule has 0 unspecified atom stereocenters. The van der Waals surface area contributed by atoms with Crippen LogP contribution in [0.5, 0.6) is 0 Å². The highest BCUT2D eigenvalue weighted by Crippen LogP contribution is 2.22. The monoisotopic (exact) mass is 490 g/mol. The Morgan fingerprint density at radius 2 is 1.18 bits per heavy atom. The zero-order valence-electron chi connectivity index (χ0n) is 19.1. The van der Waals surface area contributed by atoms with Crippen molar-refractivity contribution in [3.05, 3.63) is 57.6 Å². The third-order valence-corrected chi connectivity index (χ3v) is 5.25. The Hall–Kier alpha value is -3.10. The summed E-state index contributed by atoms with van der Waals surface area (Å²) in [7, 11) is 7.69. The van der Waals surface area contributed by atoms with Gasteiger partial charge in [-0.25, -0.2) is 10.9 Å². The molecular weight excluding hydrogens is 463 g/mol. The van der Waals surface area contributed by atoms with Gasteiger partial charge in [-0.2, -0.15) is 10.2 Å². The average Bonchev–Trinajstić information content (AvgIpc) is 2.75. The molecule has 0 fully saturated rings. The summed E-state index contributed by atoms with van der Waals surface area (Å²) in [5.41, 5.74) is 8.19. The molecule has 0 bridgehead atoms. The summed E-state index contributed by atoms with van der Waals surface area (Å²) in [5, 5.41) is 8.91. The molecule has 2 aromatic carbocycles. The van der Waals surface area contributed by atoms with Gasteiger partial charge in [0.1, 0.15) is 0 Å². The topological polar surface area (TPSA) is 89.4 Å². The van der Waals surface area contributed by atoms with Crippen LogP contribution in [-0.4, -0.2) is 52.4 Å². The number of hydrogen-bond acceptors (Lipinski definition) is 6. The molecule has 0 aromatic heterocycles. The van der Waals surface area contributed by atoms with E-state index in [9.17, 15) is 9.59 Å². The van der Waals surface area contributed by atoms with Crippen molar-refractivity contribution < 1.29 is 9.59 Å². The second-order valence-corrected chi connectivity index (χ2v) is 8.45. The first-order valence-electron chi connectivity index (χ1n) is 10.2. The molecule has 0 aliphatic heterocycles. The van der Waals surface area contributed by atoms with Crippen LogP contribution >= 0.6 is 23.2 Å². The average molecular weight is 491 g/mol. The van der Waals surface area contributed by atoms with Crippen molar-refractivity contribution in [2.75, 3.05) is 38.0 Å². The van der Waals surface area contributed by atoms with E-state index in [1.54, 1.807) is 0 Å². The number of carbonyl (C=O) groups is 2. The van der Waals surface area contributed by atoms with Gasteiger partial charge in [0.25, 0.3) is 0 Å². The van der Waals surface area contributed by atoms with Gasteiger partial charge in [-0.1, -0.05) is 23.2 Å². The number of amides is 2. The molecule has 0 saturated heterocycles. The Morgan fingerprint density at radius 1 is 0.788 bits per heavy atom. The lowest BCUT2D eigenvalue weighted by molar-refractivity contribution is -0.122. The van der Waals surface area contributed by atoms with Crippen LogP contribution in [0.4, 0.5) is 11.4 Å². The molecule has 33 heavy (non-hydrogen) atoms. The van der Waals surface area contributed by atoms with Crippen LogP contribution in [0.25, 0.3) is 0 Å². The Labute approximate surface area is 204 Å². The van der Waals surface area contributed by atoms with Gasteiger partial charge >= 0.3 is 0 Å². The lowest BCUT2D eigenvalue weighted by Crippen LogP contribution is -2.20. The zero-order valence-corrected chi connectivity index (χ0v) is 20.6. The summed E-state index contributed by atoms with van der Waals surface area (Å²) in [5.74, 6) is -0.590. The van der Waals surface area contributed by atoms with E-state index in [-0.39, 0.29) is 24.7 Å². The van der Waals surface area contributed by atoms with E-state index in [4.69, 9.17) is 23.2 Å². The van der Waals surface area contributed by atoms with Crippen molar-refractivity contribution in [3.8, 4) is 0 Å². The summed E-state index contributed by atoms with van der Waals surface area (Å²) >= 11 is 12.4. The van der Waals surface area contributed by atoms with Crippen LogP contribution in [0.15, 0.2) is 46.6 Å². The fraction of sp³-hybridized carbons (Fsp3) is 0.304. The number of nitrogens with one attached hydrogen (secondary N) is 2. The molecule has 2 aromatic rings. The summed E-state index contributed by atoms with van der Waals surface area (Å²) in [6.07, 6.45) is 3.63. The lowest BCUT2D eigenvalue weighted by atomic mass is 10.2. The number of carbonyl (C=O) groups excluding carboxylic acids is 2. The van der Waals surface area contributed by atoms with Crippen molar-refractivity contribution in [1.29, 1.82) is 0 Å². The predicted molar refractivity (Wildman–Crippen MR) is 137 cm³/mol. The minimum atomic E-state index is -0.295. The fourth-order valence-corrected chi connectivity index (χ4v) is 3.11. The Balaban J connectivity index is 1.71. The van der Waals surface area contributed by atoms with E-state index in [1.807, 2.05) is 74.4 Å². The molecule has 8 nitrogen and oxygen atoms in total. The molecule has 0 spiro atoms. The molecule has 0 atom stereocenters. The van der Waals surface area contributed by atoms with E-state index >= 15 is 0 Å². The van der Waals surface area contributed by atoms with Gasteiger partial charge in [0.15, 0.2) is 0 Å². The van der Waals surface area contributed by atoms with Gasteiger partial charge in [-0.15, -0.1) is 0 Å². The van der Waals surface area contributed by atoms with Gasteiger partial charge in [-0.3, -0.25) is 9.59 Å². The van der Waals surface area contributed by atoms with Crippen molar-refractivity contribution in [3.63, 3.8) is 0 Å². The second-order valence-electron chi connectivity index (χ2n) is 7.64. The first-order valence-corrected chi connectivity index (χ1v) is 11.0. The number of anilines is 2. The SMILES string of the molecule is CN(C)c1ccc(C=NNC(=O)CCCC(=O)NN=Cc2ccc(N(C)C)cc2Cl)c(Cl)c1. The second kappa shape index (κ2) is 12.8. The molecule has 10 heteroatoms. The smallest absolute Gasteiger partial charge is 0.240 e. The fourth-order valence-electron chi connectivity index (χ4n) is 2.67. The normalized spacial score (nSPS) is 11.1. The molecule has 0 radical (unpaired) electrons. The van der Waals surface area contributed by atoms with Gasteiger partial charge in [-0.05, 0) is 42.8 Å². The Kier molecular flexibility index (Phi) is 10.2. The van der Waals surface area contributed by atoms with Crippen LogP contribution in [0.1, 0.15) is 30.4 Å². The van der Waals surface area contributed by atoms with E-state index in [2.05, 4.69) is 21.1 Å². The summed E-state index contributed by atoms with van der Waals surface area (Å²) < 4.78 is 0. The largest absolute Gasteiger partial charge is 0.378 e. The highest BCUT2D eigenvalue weighted by atomic mass is 35.5. The third-order valence-electron chi connectivity index (χ3n) is 4.59. The third kappa shape index (κ3) is 8.75. The molecule has 0 aliphatic rings. The van der Waals surface area contributed by atoms with Crippen LogP contribution in [0.3, 0.4) is 0 Å². The number of halogens is 2. The summed E-state index contributed by atoms with van der Waals surface area (Å²) in [6.45, 7) is 0. The maximum atomic E-state index is 11.9. The van der Waals surface area contributed by atoms with Crippen LogP contribution in [0.2, 0.25) is 10.0 Å². The van der Waals surface area contributed by atoms with Crippen molar-refractivity contribution >= 4 is 58.8 Å². The van der Waals surface area contributed by atoms with Crippen LogP contribution < -0.4 is 20.7 Å². The first kappa shape index (κ1) is 26.2. The van der Waals surface area contributed by atoms with Crippen LogP contribution in [0, 0.1) is 0 Å². The number of hydrogen-bond donors (Lipinski definition) is 2. The standard InChI is InChI=1S/C23H28Cl2N6O2/c1-30(2)18-10-8-16(20(24)12-18)14-26-28-22(32)6-5-7-23(33)29-27-15-17-9-11-19(31(3)4)13-21(17)25/h8-15H,5-7H2,1-4H3,(H,28,32)(H,29,33). The van der Waals surface area contributed by atoms with Gasteiger partial charge < -0.3 is 9.80 Å². The Morgan fingerprint density at radius 3 is 1.52 bits per heavy atom. The molecule has 0 aliphatic carbocycles. The van der Waals surface area contributed by atoms with Crippen molar-refractivity contribution in [1.82, 2.24) is 10.9 Å². The van der Waals surface area contributed by atoms with E-state index in [0.717, 1.165) is 11.4 Å². The van der Waals surface area contributed by atoms with Crippen molar-refractivity contribution in [2.45, 2.75) is 19.3 Å². The maximum Gasteiger partial charge on any atom is 0.240 e. The number of benzene rings is 2. The first-order chi connectivity index (χ1) is 15.7. The maximum absolute atomic E-state index is 11.9. The quantitative estimate of drug-likeness (QED) is 0.390. The van der Waals surface area contributed by atoms with E-state index in [1.165, 1.54) is 12.4 Å². The number of nitrogens with zero attached hydrogens (tertiary/aromatic N) is 4. The minimum absolute atomic E-state index is 0.152. The molecular formula is C23H28Cl2N6O2.